The van der Waals surface area contributed by atoms with Crippen LogP contribution < -0.4 is 0 Å². The summed E-state index contributed by atoms with van der Waals surface area (Å²) in [5.74, 6) is -1.40. The Hall–Kier alpha value is -1.74. The molecule has 0 bridgehead atoms. The number of aliphatic hydroxyl groups excluding tert-OH is 3. The lowest BCUT2D eigenvalue weighted by Crippen LogP contribution is -2.61. The highest BCUT2D eigenvalue weighted by molar-refractivity contribution is 5.70. The number of hydrogen-bond acceptors (Lipinski definition) is 12. The van der Waals surface area contributed by atoms with Crippen molar-refractivity contribution >= 4 is 12.3 Å². The van der Waals surface area contributed by atoms with Gasteiger partial charge in [0.1, 0.15) is 18.5 Å². The average Bonchev–Trinajstić information content (AvgIpc) is 3.01. The topological polar surface area (TPSA) is 147 Å². The van der Waals surface area contributed by atoms with Gasteiger partial charge in [0, 0.05) is 32.4 Å². The van der Waals surface area contributed by atoms with Crippen LogP contribution in [0.3, 0.4) is 0 Å². The summed E-state index contributed by atoms with van der Waals surface area (Å²) < 4.78 is 31.2. The highest BCUT2D eigenvalue weighted by atomic mass is 16.7. The van der Waals surface area contributed by atoms with Crippen molar-refractivity contribution < 1.29 is 48.6 Å². The molecule has 12 nitrogen and oxygen atoms in total. The SMILES string of the molecule is CO[C@@H]1[C@@H](O[C@@H]2C[C@@H](C)[C@@H](O)[C@H](N(C)C)[C@H]2O)[C@@H](CC=O)C[C@H](C)[C@@H](O[C@H]2C[C@@H](N(C)C)C[C@@H](C)O2)/C=C/C=C/C[C@H](C)OC(=O)C[C@H]1O. The van der Waals surface area contributed by atoms with E-state index in [4.69, 9.17) is 23.7 Å². The van der Waals surface area contributed by atoms with Crippen molar-refractivity contribution in [3.8, 4) is 0 Å². The van der Waals surface area contributed by atoms with Gasteiger partial charge in [-0.2, -0.15) is 0 Å². The molecule has 1 saturated carbocycles. The summed E-state index contributed by atoms with van der Waals surface area (Å²) in [5.41, 5.74) is 0. The number of allylic oxidation sites excluding steroid dienone is 2. The molecule has 0 aromatic heterocycles. The zero-order valence-corrected chi connectivity index (χ0v) is 31.1. The number of hydrogen-bond donors (Lipinski definition) is 3. The van der Waals surface area contributed by atoms with Crippen LogP contribution >= 0.6 is 0 Å². The number of aldehydes is 1. The molecular formula is C37H64N2O10. The molecule has 2 fully saturated rings. The lowest BCUT2D eigenvalue weighted by molar-refractivity contribution is -0.224. The summed E-state index contributed by atoms with van der Waals surface area (Å²) in [6.07, 6.45) is 4.17. The fraction of sp³-hybridized carbons (Fsp3) is 0.838. The quantitative estimate of drug-likeness (QED) is 0.241. The van der Waals surface area contributed by atoms with Gasteiger partial charge >= 0.3 is 5.97 Å². The van der Waals surface area contributed by atoms with E-state index in [1.807, 2.05) is 31.2 Å². The van der Waals surface area contributed by atoms with Crippen LogP contribution in [0.25, 0.3) is 0 Å². The molecule has 12 heteroatoms. The summed E-state index contributed by atoms with van der Waals surface area (Å²) in [4.78, 5) is 29.2. The molecule has 15 atom stereocenters. The highest BCUT2D eigenvalue weighted by Gasteiger charge is 2.47. The average molecular weight is 697 g/mol. The van der Waals surface area contributed by atoms with E-state index in [1.54, 1.807) is 25.9 Å². The summed E-state index contributed by atoms with van der Waals surface area (Å²) in [6, 6.07) is -0.285. The van der Waals surface area contributed by atoms with Gasteiger partial charge < -0.3 is 53.6 Å². The second-order valence-corrected chi connectivity index (χ2v) is 15.0. The second-order valence-electron chi connectivity index (χ2n) is 15.0. The van der Waals surface area contributed by atoms with Gasteiger partial charge in [0.25, 0.3) is 0 Å². The Kier molecular flexibility index (Phi) is 16.8. The van der Waals surface area contributed by atoms with E-state index in [9.17, 15) is 24.9 Å². The predicted molar refractivity (Wildman–Crippen MR) is 186 cm³/mol. The van der Waals surface area contributed by atoms with Gasteiger partial charge in [-0.1, -0.05) is 38.2 Å². The van der Waals surface area contributed by atoms with Gasteiger partial charge in [-0.25, -0.2) is 0 Å². The maximum absolute atomic E-state index is 12.9. The Morgan fingerprint density at radius 3 is 2.22 bits per heavy atom. The summed E-state index contributed by atoms with van der Waals surface area (Å²) in [6.45, 7) is 7.81. The Morgan fingerprint density at radius 1 is 0.878 bits per heavy atom. The Bertz CT molecular complexity index is 1070. The third-order valence-electron chi connectivity index (χ3n) is 10.5. The molecule has 1 saturated heterocycles. The fourth-order valence-corrected chi connectivity index (χ4v) is 7.67. The van der Waals surface area contributed by atoms with Crippen LogP contribution in [-0.4, -0.2) is 146 Å². The Morgan fingerprint density at radius 2 is 1.59 bits per heavy atom. The fourth-order valence-electron chi connectivity index (χ4n) is 7.67. The number of esters is 1. The second kappa shape index (κ2) is 19.8. The number of methoxy groups -OCH3 is 1. The third-order valence-corrected chi connectivity index (χ3v) is 10.5. The maximum atomic E-state index is 12.9. The van der Waals surface area contributed by atoms with Crippen LogP contribution in [0.4, 0.5) is 0 Å². The molecule has 0 unspecified atom stereocenters. The van der Waals surface area contributed by atoms with Crippen molar-refractivity contribution in [2.45, 2.75) is 146 Å². The first-order chi connectivity index (χ1) is 23.2. The molecule has 282 valence electrons. The Balaban J connectivity index is 2.02. The molecular weight excluding hydrogens is 632 g/mol. The van der Waals surface area contributed by atoms with Crippen LogP contribution in [0.15, 0.2) is 24.3 Å². The standard InChI is InChI=1S/C37H64N2O10/c1-22-17-26(15-16-40)36(49-30-18-23(2)34(43)33(35(30)44)39(7)8)37(45-9)28(41)21-31(42)46-24(3)13-11-10-12-14-29(22)48-32-20-27(38(5)6)19-25(4)47-32/h10-12,14,16,22-30,32-37,41,43-44H,13,15,17-21H2,1-9H3/b11-10+,14-12+/t22-,23+,24-,25+,26-,27-,28+,29-,30+,32-,33-,34+,35-,36-,37-/m0/s1. The van der Waals surface area contributed by atoms with Crippen LogP contribution in [-0.2, 0) is 33.3 Å². The molecule has 1 aliphatic carbocycles. The molecule has 0 amide bonds. The van der Waals surface area contributed by atoms with E-state index in [0.29, 0.717) is 31.7 Å². The van der Waals surface area contributed by atoms with Gasteiger partial charge in [0.15, 0.2) is 6.29 Å². The van der Waals surface area contributed by atoms with Crippen LogP contribution in [0.1, 0.15) is 72.6 Å². The van der Waals surface area contributed by atoms with E-state index < -0.39 is 66.9 Å². The van der Waals surface area contributed by atoms with Gasteiger partial charge in [-0.15, -0.1) is 0 Å². The number of cyclic esters (lactones) is 1. The molecule has 0 aromatic carbocycles. The minimum Gasteiger partial charge on any atom is -0.462 e. The molecule has 2 aliphatic heterocycles. The minimum absolute atomic E-state index is 0.0269. The zero-order valence-electron chi connectivity index (χ0n) is 31.1. The van der Waals surface area contributed by atoms with Gasteiger partial charge in [0.05, 0.1) is 55.2 Å². The number of aliphatic hydroxyl groups is 3. The number of nitrogens with zero attached hydrogens (tertiary/aromatic N) is 2. The number of rotatable bonds is 9. The van der Waals surface area contributed by atoms with Crippen molar-refractivity contribution in [2.24, 2.45) is 17.8 Å². The van der Waals surface area contributed by atoms with Crippen LogP contribution in [0, 0.1) is 17.8 Å². The predicted octanol–water partition coefficient (Wildman–Crippen LogP) is 2.72. The zero-order chi connectivity index (χ0) is 36.4. The van der Waals surface area contributed by atoms with E-state index >= 15 is 0 Å². The molecule has 49 heavy (non-hydrogen) atoms. The first kappa shape index (κ1) is 41.7. The van der Waals surface area contributed by atoms with Crippen LogP contribution in [0.5, 0.6) is 0 Å². The molecule has 3 aliphatic rings. The smallest absolute Gasteiger partial charge is 0.308 e. The molecule has 0 aromatic rings. The molecule has 0 spiro atoms. The van der Waals surface area contributed by atoms with E-state index in [2.05, 4.69) is 32.8 Å². The first-order valence-corrected chi connectivity index (χ1v) is 18.0. The van der Waals surface area contributed by atoms with Crippen molar-refractivity contribution in [3.05, 3.63) is 24.3 Å². The van der Waals surface area contributed by atoms with Crippen molar-refractivity contribution in [1.82, 2.24) is 9.80 Å². The largest absolute Gasteiger partial charge is 0.462 e. The van der Waals surface area contributed by atoms with Crippen molar-refractivity contribution in [3.63, 3.8) is 0 Å². The summed E-state index contributed by atoms with van der Waals surface area (Å²) in [7, 11) is 9.16. The van der Waals surface area contributed by atoms with Gasteiger partial charge in [-0.05, 0) is 79.1 Å². The molecule has 2 heterocycles. The number of ether oxygens (including phenoxy) is 5. The number of likely N-dealkylation sites (N-methyl/N-ethyl adjacent to an activating group) is 1. The van der Waals surface area contributed by atoms with Gasteiger partial charge in [0.2, 0.25) is 0 Å². The minimum atomic E-state index is -1.32. The Labute approximate surface area is 293 Å². The van der Waals surface area contributed by atoms with Gasteiger partial charge in [-0.3, -0.25) is 4.79 Å². The monoisotopic (exact) mass is 696 g/mol. The van der Waals surface area contributed by atoms with E-state index in [1.165, 1.54) is 7.11 Å². The van der Waals surface area contributed by atoms with E-state index in [-0.39, 0.29) is 36.9 Å². The van der Waals surface area contributed by atoms with Crippen LogP contribution in [0.2, 0.25) is 0 Å². The number of carbonyl (C=O) groups is 2. The lowest BCUT2D eigenvalue weighted by Gasteiger charge is -2.47. The molecule has 3 rings (SSSR count). The molecule has 3 N–H and O–H groups in total. The van der Waals surface area contributed by atoms with E-state index in [0.717, 1.165) is 12.7 Å². The summed E-state index contributed by atoms with van der Waals surface area (Å²) in [5, 5.41) is 33.9. The third kappa shape index (κ3) is 11.9. The summed E-state index contributed by atoms with van der Waals surface area (Å²) >= 11 is 0. The maximum Gasteiger partial charge on any atom is 0.308 e. The number of carbonyl (C=O) groups excluding carboxylic acids is 2. The first-order valence-electron chi connectivity index (χ1n) is 18.0. The van der Waals surface area contributed by atoms with Crippen molar-refractivity contribution in [1.29, 1.82) is 0 Å². The highest BCUT2D eigenvalue weighted by Crippen LogP contribution is 2.36. The normalized spacial score (nSPS) is 43.2. The lowest BCUT2D eigenvalue weighted by atomic mass is 9.78. The molecule has 0 radical (unpaired) electrons. The van der Waals surface area contributed by atoms with Crippen molar-refractivity contribution in [2.75, 3.05) is 35.3 Å².